The van der Waals surface area contributed by atoms with E-state index in [1.807, 2.05) is 24.4 Å². The van der Waals surface area contributed by atoms with Crippen LogP contribution in [0.3, 0.4) is 0 Å². The molecule has 0 N–H and O–H groups in total. The van der Waals surface area contributed by atoms with E-state index in [9.17, 15) is 0 Å². The molecule has 3 aromatic heterocycles. The zero-order chi connectivity index (χ0) is 17.7. The summed E-state index contributed by atoms with van der Waals surface area (Å²) in [5, 5.41) is 5.20. The maximum Gasteiger partial charge on any atom is 0.238 e. The van der Waals surface area contributed by atoms with Crippen molar-refractivity contribution in [3.63, 3.8) is 0 Å². The van der Waals surface area contributed by atoms with Gasteiger partial charge in [-0.3, -0.25) is 4.98 Å². The van der Waals surface area contributed by atoms with Gasteiger partial charge in [0.2, 0.25) is 11.7 Å². The number of hydrogen-bond donors (Lipinski definition) is 0. The van der Waals surface area contributed by atoms with Crippen LogP contribution in [0.25, 0.3) is 33.6 Å². The first-order chi connectivity index (χ1) is 12.7. The lowest BCUT2D eigenvalue weighted by Crippen LogP contribution is -2.26. The predicted octanol–water partition coefficient (Wildman–Crippen LogP) is 3.68. The lowest BCUT2D eigenvalue weighted by atomic mass is 10.0. The minimum Gasteiger partial charge on any atom is -0.378 e. The van der Waals surface area contributed by atoms with Crippen LogP contribution in [0.1, 0.15) is 31.7 Å². The second-order valence-electron chi connectivity index (χ2n) is 6.81. The highest BCUT2D eigenvalue weighted by Crippen LogP contribution is 2.36. The molecule has 4 heterocycles. The van der Waals surface area contributed by atoms with Gasteiger partial charge in [-0.25, -0.2) is 4.98 Å². The molecule has 4 aromatic rings. The Kier molecular flexibility index (Phi) is 3.49. The van der Waals surface area contributed by atoms with Crippen LogP contribution in [0.15, 0.2) is 35.0 Å². The molecule has 0 amide bonds. The molecule has 1 fully saturated rings. The molecule has 0 bridgehead atoms. The fourth-order valence-electron chi connectivity index (χ4n) is 3.84. The van der Waals surface area contributed by atoms with E-state index in [1.54, 1.807) is 6.92 Å². The summed E-state index contributed by atoms with van der Waals surface area (Å²) in [6.45, 7) is 4.64. The number of benzene rings is 1. The highest BCUT2D eigenvalue weighted by molar-refractivity contribution is 6.03. The van der Waals surface area contributed by atoms with E-state index in [0.717, 1.165) is 47.2 Å². The van der Waals surface area contributed by atoms with Crippen LogP contribution in [0.4, 0.5) is 0 Å². The molecule has 0 radical (unpaired) electrons. The number of pyridine rings is 1. The lowest BCUT2D eigenvalue weighted by Gasteiger charge is -2.29. The summed E-state index contributed by atoms with van der Waals surface area (Å²) in [5.41, 5.74) is 2.88. The van der Waals surface area contributed by atoms with E-state index in [0.29, 0.717) is 11.7 Å². The molecule has 0 unspecified atom stereocenters. The summed E-state index contributed by atoms with van der Waals surface area (Å²) >= 11 is 0. The van der Waals surface area contributed by atoms with Crippen molar-refractivity contribution in [2.24, 2.45) is 0 Å². The quantitative estimate of drug-likeness (QED) is 0.549. The Hall–Kier alpha value is -2.80. The first-order valence-corrected chi connectivity index (χ1v) is 8.88. The normalized spacial score (nSPS) is 20.8. The molecule has 1 saturated heterocycles. The Labute approximate surface area is 150 Å². The number of nitrogens with zero attached hydrogens (tertiary/aromatic N) is 5. The Bertz CT molecular complexity index is 1100. The van der Waals surface area contributed by atoms with Crippen LogP contribution in [0.2, 0.25) is 0 Å². The van der Waals surface area contributed by atoms with Gasteiger partial charge in [-0.2, -0.15) is 4.98 Å². The second-order valence-corrected chi connectivity index (χ2v) is 6.81. The van der Waals surface area contributed by atoms with Gasteiger partial charge in [0.15, 0.2) is 5.82 Å². The Morgan fingerprint density at radius 1 is 1.15 bits per heavy atom. The number of aryl methyl sites for hydroxylation is 1. The lowest BCUT2D eigenvalue weighted by molar-refractivity contribution is 0.00703. The van der Waals surface area contributed by atoms with Crippen molar-refractivity contribution in [2.45, 2.75) is 38.8 Å². The third-order valence-electron chi connectivity index (χ3n) is 4.97. The highest BCUT2D eigenvalue weighted by Gasteiger charge is 2.28. The van der Waals surface area contributed by atoms with E-state index < -0.39 is 0 Å². The maximum atomic E-state index is 5.76. The van der Waals surface area contributed by atoms with Crippen molar-refractivity contribution in [1.82, 2.24) is 24.7 Å². The van der Waals surface area contributed by atoms with E-state index in [-0.39, 0.29) is 12.1 Å². The van der Waals surface area contributed by atoms with Crippen molar-refractivity contribution in [1.29, 1.82) is 0 Å². The topological polar surface area (TPSA) is 78.9 Å². The fraction of sp³-hybridized carbons (Fsp3) is 0.368. The van der Waals surface area contributed by atoms with Gasteiger partial charge in [0.25, 0.3) is 0 Å². The predicted molar refractivity (Wildman–Crippen MR) is 96.7 cm³/mol. The molecule has 5 rings (SSSR count). The van der Waals surface area contributed by atoms with Crippen molar-refractivity contribution in [3.05, 3.63) is 36.4 Å². The first-order valence-electron chi connectivity index (χ1n) is 8.88. The van der Waals surface area contributed by atoms with Crippen LogP contribution in [0.5, 0.6) is 0 Å². The van der Waals surface area contributed by atoms with Gasteiger partial charge in [0.05, 0.1) is 23.3 Å². The van der Waals surface area contributed by atoms with Gasteiger partial charge in [0.1, 0.15) is 5.52 Å². The van der Waals surface area contributed by atoms with Crippen molar-refractivity contribution in [3.8, 4) is 11.6 Å². The first kappa shape index (κ1) is 15.5. The van der Waals surface area contributed by atoms with E-state index in [1.165, 1.54) is 0 Å². The molecular weight excluding hydrogens is 330 g/mol. The zero-order valence-electron chi connectivity index (χ0n) is 14.7. The van der Waals surface area contributed by atoms with Crippen LogP contribution >= 0.6 is 0 Å². The van der Waals surface area contributed by atoms with Gasteiger partial charge < -0.3 is 13.8 Å². The molecule has 1 aliphatic rings. The van der Waals surface area contributed by atoms with Gasteiger partial charge in [-0.15, -0.1) is 0 Å². The average molecular weight is 349 g/mol. The number of para-hydroxylation sites is 1. The molecule has 7 nitrogen and oxygen atoms in total. The summed E-state index contributed by atoms with van der Waals surface area (Å²) in [7, 11) is 0. The molecule has 0 aliphatic carbocycles. The molecule has 2 atom stereocenters. The van der Waals surface area contributed by atoms with Crippen LogP contribution in [-0.4, -0.2) is 37.4 Å². The van der Waals surface area contributed by atoms with E-state index >= 15 is 0 Å². The molecular formula is C19H19N5O2. The smallest absolute Gasteiger partial charge is 0.238 e. The highest BCUT2D eigenvalue weighted by atomic mass is 16.5. The molecule has 7 heteroatoms. The Balaban J connectivity index is 1.83. The monoisotopic (exact) mass is 349 g/mol. The SMILES string of the molecule is Cc1nc(-c2nc3cnc4ccccc4c3n2[C@H]2CCO[C@@H](C)C2)no1. The van der Waals surface area contributed by atoms with Gasteiger partial charge in [-0.1, -0.05) is 23.4 Å². The molecule has 1 aliphatic heterocycles. The molecule has 132 valence electrons. The summed E-state index contributed by atoms with van der Waals surface area (Å²) in [4.78, 5) is 13.8. The van der Waals surface area contributed by atoms with Gasteiger partial charge >= 0.3 is 0 Å². The number of rotatable bonds is 2. The largest absolute Gasteiger partial charge is 0.378 e. The Morgan fingerprint density at radius 3 is 2.85 bits per heavy atom. The van der Waals surface area contributed by atoms with Crippen molar-refractivity contribution >= 4 is 21.9 Å². The minimum atomic E-state index is 0.208. The molecule has 1 aromatic carbocycles. The number of imidazole rings is 1. The zero-order valence-corrected chi connectivity index (χ0v) is 14.7. The number of fused-ring (bicyclic) bond motifs is 3. The average Bonchev–Trinajstić information content (AvgIpc) is 3.25. The minimum absolute atomic E-state index is 0.208. The summed E-state index contributed by atoms with van der Waals surface area (Å²) in [6.07, 6.45) is 3.88. The molecule has 0 spiro atoms. The van der Waals surface area contributed by atoms with Crippen LogP contribution in [0, 0.1) is 6.92 Å². The third-order valence-corrected chi connectivity index (χ3v) is 4.97. The maximum absolute atomic E-state index is 5.76. The van der Waals surface area contributed by atoms with Crippen molar-refractivity contribution < 1.29 is 9.26 Å². The fourth-order valence-corrected chi connectivity index (χ4v) is 3.84. The third kappa shape index (κ3) is 2.39. The number of hydrogen-bond acceptors (Lipinski definition) is 6. The Morgan fingerprint density at radius 2 is 2.04 bits per heavy atom. The summed E-state index contributed by atoms with van der Waals surface area (Å²) < 4.78 is 13.2. The van der Waals surface area contributed by atoms with Gasteiger partial charge in [-0.05, 0) is 25.8 Å². The number of ether oxygens (including phenoxy) is 1. The van der Waals surface area contributed by atoms with Gasteiger partial charge in [0, 0.05) is 25.0 Å². The second kappa shape index (κ2) is 5.88. The summed E-state index contributed by atoms with van der Waals surface area (Å²) in [6, 6.07) is 8.42. The summed E-state index contributed by atoms with van der Waals surface area (Å²) in [5.74, 6) is 1.78. The van der Waals surface area contributed by atoms with Crippen LogP contribution in [-0.2, 0) is 4.74 Å². The standard InChI is InChI=1S/C19H19N5O2/c1-11-9-13(7-8-25-11)24-17-14-5-3-4-6-15(14)20-10-16(17)22-19(24)18-21-12(2)26-23-18/h3-6,10-11,13H,7-9H2,1-2H3/t11-,13-/m0/s1. The molecule has 26 heavy (non-hydrogen) atoms. The van der Waals surface area contributed by atoms with E-state index in [2.05, 4.69) is 32.7 Å². The van der Waals surface area contributed by atoms with Crippen LogP contribution < -0.4 is 0 Å². The van der Waals surface area contributed by atoms with Crippen molar-refractivity contribution in [2.75, 3.05) is 6.61 Å². The molecule has 0 saturated carbocycles. The number of aromatic nitrogens is 5. The van der Waals surface area contributed by atoms with E-state index in [4.69, 9.17) is 14.2 Å².